The van der Waals surface area contributed by atoms with E-state index < -0.39 is 12.1 Å². The van der Waals surface area contributed by atoms with Crippen molar-refractivity contribution in [1.82, 2.24) is 0 Å². The number of amides is 1. The second-order valence-corrected chi connectivity index (χ2v) is 4.66. The van der Waals surface area contributed by atoms with Gasteiger partial charge in [0.05, 0.1) is 12.3 Å². The zero-order valence-electron chi connectivity index (χ0n) is 10.9. The lowest BCUT2D eigenvalue weighted by molar-refractivity contribution is -0.125. The number of hydrogen-bond acceptors (Lipinski definition) is 5. The fraction of sp³-hybridized carbons (Fsp3) is 0.462. The normalized spacial score (nSPS) is 19.9. The van der Waals surface area contributed by atoms with Crippen molar-refractivity contribution in [2.45, 2.75) is 25.6 Å². The van der Waals surface area contributed by atoms with E-state index in [-0.39, 0.29) is 19.1 Å². The summed E-state index contributed by atoms with van der Waals surface area (Å²) in [5, 5.41) is 9.05. The van der Waals surface area contributed by atoms with Gasteiger partial charge in [-0.15, -0.1) is 0 Å². The Morgan fingerprint density at radius 3 is 2.89 bits per heavy atom. The summed E-state index contributed by atoms with van der Waals surface area (Å²) in [5.74, 6) is 0.472. The van der Waals surface area contributed by atoms with E-state index in [0.717, 1.165) is 5.56 Å². The monoisotopic (exact) mass is 265 g/mol. The van der Waals surface area contributed by atoms with E-state index >= 15 is 0 Å². The molecule has 6 heteroatoms. The van der Waals surface area contributed by atoms with Crippen molar-refractivity contribution in [3.8, 4) is 5.75 Å². The van der Waals surface area contributed by atoms with Gasteiger partial charge in [0.25, 0.3) is 5.91 Å². The number of hydrogen-bond donors (Lipinski definition) is 3. The first-order valence-corrected chi connectivity index (χ1v) is 6.24. The molecule has 0 bridgehead atoms. The van der Waals surface area contributed by atoms with Gasteiger partial charge in [0.15, 0.2) is 6.10 Å². The van der Waals surface area contributed by atoms with Crippen LogP contribution < -0.4 is 21.1 Å². The highest BCUT2D eigenvalue weighted by atomic mass is 16.5. The van der Waals surface area contributed by atoms with E-state index in [9.17, 15) is 4.79 Å². The molecule has 0 radical (unpaired) electrons. The summed E-state index contributed by atoms with van der Waals surface area (Å²) < 4.78 is 5.55. The number of fused-ring (bicyclic) bond motifs is 1. The summed E-state index contributed by atoms with van der Waals surface area (Å²) in [4.78, 5) is 13.7. The van der Waals surface area contributed by atoms with Gasteiger partial charge >= 0.3 is 0 Å². The van der Waals surface area contributed by atoms with Gasteiger partial charge in [-0.3, -0.25) is 4.79 Å². The van der Waals surface area contributed by atoms with Crippen LogP contribution in [-0.4, -0.2) is 36.3 Å². The Morgan fingerprint density at radius 2 is 2.26 bits per heavy atom. The van der Waals surface area contributed by atoms with Crippen molar-refractivity contribution in [2.75, 3.05) is 18.1 Å². The molecule has 1 aliphatic heterocycles. The van der Waals surface area contributed by atoms with E-state index in [1.165, 1.54) is 0 Å². The third-order valence-corrected chi connectivity index (χ3v) is 3.12. The van der Waals surface area contributed by atoms with Gasteiger partial charge in [-0.25, -0.2) is 0 Å². The minimum absolute atomic E-state index is 0.162. The van der Waals surface area contributed by atoms with Crippen LogP contribution in [0.25, 0.3) is 0 Å². The number of ether oxygens (including phenoxy) is 1. The molecule has 2 unspecified atom stereocenters. The van der Waals surface area contributed by atoms with Crippen LogP contribution in [-0.2, 0) is 11.3 Å². The summed E-state index contributed by atoms with van der Waals surface area (Å²) in [7, 11) is 0. The Bertz CT molecular complexity index is 478. The smallest absolute Gasteiger partial charge is 0.267 e. The molecule has 1 aliphatic rings. The first-order chi connectivity index (χ1) is 9.06. The molecule has 5 N–H and O–H groups in total. The number of nitrogens with zero attached hydrogens (tertiary/aromatic N) is 1. The second-order valence-electron chi connectivity index (χ2n) is 4.66. The van der Waals surface area contributed by atoms with Crippen LogP contribution in [0.3, 0.4) is 0 Å². The average Bonchev–Trinajstić information content (AvgIpc) is 2.43. The maximum absolute atomic E-state index is 12.2. The molecule has 1 amide bonds. The molecule has 1 aromatic rings. The van der Waals surface area contributed by atoms with Crippen LogP contribution in [0.1, 0.15) is 12.5 Å². The van der Waals surface area contributed by atoms with Crippen molar-refractivity contribution in [3.05, 3.63) is 23.8 Å². The van der Waals surface area contributed by atoms with Crippen molar-refractivity contribution in [3.63, 3.8) is 0 Å². The van der Waals surface area contributed by atoms with Gasteiger partial charge in [0.1, 0.15) is 5.75 Å². The molecule has 0 fully saturated rings. The molecule has 1 aromatic carbocycles. The molecule has 19 heavy (non-hydrogen) atoms. The molecule has 0 aromatic heterocycles. The lowest BCUT2D eigenvalue weighted by atomic mass is 10.1. The van der Waals surface area contributed by atoms with Gasteiger partial charge in [-0.1, -0.05) is 6.07 Å². The first-order valence-electron chi connectivity index (χ1n) is 6.24. The molecule has 0 aliphatic carbocycles. The highest BCUT2D eigenvalue weighted by molar-refractivity contribution is 6.00. The van der Waals surface area contributed by atoms with Crippen LogP contribution in [0, 0.1) is 0 Å². The largest absolute Gasteiger partial charge is 0.479 e. The van der Waals surface area contributed by atoms with Crippen LogP contribution >= 0.6 is 0 Å². The average molecular weight is 265 g/mol. The Hall–Kier alpha value is -1.63. The van der Waals surface area contributed by atoms with E-state index in [0.29, 0.717) is 18.0 Å². The highest BCUT2D eigenvalue weighted by Crippen LogP contribution is 2.34. The predicted octanol–water partition coefficient (Wildman–Crippen LogP) is -0.421. The number of benzene rings is 1. The fourth-order valence-electron chi connectivity index (χ4n) is 2.06. The topological polar surface area (TPSA) is 102 Å². The molecular formula is C13H19N3O3. The van der Waals surface area contributed by atoms with Crippen molar-refractivity contribution >= 4 is 11.6 Å². The van der Waals surface area contributed by atoms with Crippen LogP contribution in [0.4, 0.5) is 5.69 Å². The van der Waals surface area contributed by atoms with Crippen molar-refractivity contribution in [2.24, 2.45) is 11.5 Å². The summed E-state index contributed by atoms with van der Waals surface area (Å²) in [6, 6.07) is 5.01. The quantitative estimate of drug-likeness (QED) is 0.686. The predicted molar refractivity (Wildman–Crippen MR) is 71.8 cm³/mol. The van der Waals surface area contributed by atoms with Crippen molar-refractivity contribution < 1.29 is 14.6 Å². The summed E-state index contributed by atoms with van der Waals surface area (Å²) in [5.41, 5.74) is 12.9. The van der Waals surface area contributed by atoms with Crippen LogP contribution in [0.2, 0.25) is 0 Å². The molecule has 1 heterocycles. The molecule has 2 atom stereocenters. The molecule has 0 saturated carbocycles. The molecule has 104 valence electrons. The van der Waals surface area contributed by atoms with E-state index in [1.807, 2.05) is 12.1 Å². The first kappa shape index (κ1) is 13.8. The number of anilines is 1. The number of rotatable bonds is 4. The number of aliphatic hydroxyl groups excluding tert-OH is 1. The molecular weight excluding hydrogens is 246 g/mol. The maximum Gasteiger partial charge on any atom is 0.267 e. The Balaban J connectivity index is 2.38. The lowest BCUT2D eigenvalue weighted by Crippen LogP contribution is -2.50. The lowest BCUT2D eigenvalue weighted by Gasteiger charge is -2.34. The number of carbonyl (C=O) groups excluding carboxylic acids is 1. The summed E-state index contributed by atoms with van der Waals surface area (Å²) in [6.07, 6.45) is -0.554. The molecule has 2 rings (SSSR count). The standard InChI is InChI=1S/C13H19N3O3/c1-8-13(18)16(6-10(15)7-17)11-4-9(5-14)2-3-12(11)19-8/h2-4,8,10,17H,5-7,14-15H2,1H3. The van der Waals surface area contributed by atoms with Gasteiger partial charge < -0.3 is 26.2 Å². The van der Waals surface area contributed by atoms with E-state index in [2.05, 4.69) is 0 Å². The van der Waals surface area contributed by atoms with E-state index in [1.54, 1.807) is 17.9 Å². The van der Waals surface area contributed by atoms with E-state index in [4.69, 9.17) is 21.3 Å². The molecule has 0 saturated heterocycles. The zero-order chi connectivity index (χ0) is 14.0. The minimum Gasteiger partial charge on any atom is -0.479 e. The van der Waals surface area contributed by atoms with Crippen LogP contribution in [0.5, 0.6) is 5.75 Å². The molecule has 0 spiro atoms. The Labute approximate surface area is 111 Å². The summed E-state index contributed by atoms with van der Waals surface area (Å²) in [6.45, 7) is 2.16. The maximum atomic E-state index is 12.2. The van der Waals surface area contributed by atoms with Gasteiger partial charge in [0, 0.05) is 19.1 Å². The minimum atomic E-state index is -0.554. The molecule has 6 nitrogen and oxygen atoms in total. The second kappa shape index (κ2) is 5.56. The number of carbonyl (C=O) groups is 1. The number of nitrogens with two attached hydrogens (primary N) is 2. The highest BCUT2D eigenvalue weighted by Gasteiger charge is 2.32. The summed E-state index contributed by atoms with van der Waals surface area (Å²) >= 11 is 0. The number of aliphatic hydroxyl groups is 1. The Kier molecular flexibility index (Phi) is 4.04. The third kappa shape index (κ3) is 2.70. The van der Waals surface area contributed by atoms with Gasteiger partial charge in [0.2, 0.25) is 0 Å². The van der Waals surface area contributed by atoms with Gasteiger partial charge in [-0.05, 0) is 24.6 Å². The zero-order valence-corrected chi connectivity index (χ0v) is 10.9. The SMILES string of the molecule is CC1Oc2ccc(CN)cc2N(CC(N)CO)C1=O. The van der Waals surface area contributed by atoms with Gasteiger partial charge in [-0.2, -0.15) is 0 Å². The van der Waals surface area contributed by atoms with Crippen LogP contribution in [0.15, 0.2) is 18.2 Å². The van der Waals surface area contributed by atoms with Crippen molar-refractivity contribution in [1.29, 1.82) is 0 Å². The fourth-order valence-corrected chi connectivity index (χ4v) is 2.06. The third-order valence-electron chi connectivity index (χ3n) is 3.12. The Morgan fingerprint density at radius 1 is 1.53 bits per heavy atom.